The average molecular weight is 490 g/mol. The zero-order valence-electron chi connectivity index (χ0n) is 20.1. The van der Waals surface area contributed by atoms with Gasteiger partial charge in [0.05, 0.1) is 0 Å². The molecule has 0 atom stereocenters. The first-order valence-corrected chi connectivity index (χ1v) is 18.1. The summed E-state index contributed by atoms with van der Waals surface area (Å²) in [5.41, 5.74) is 4.64. The first-order valence-electron chi connectivity index (χ1n) is 12.8. The normalized spacial score (nSPS) is 11.5. The molecule has 0 aliphatic rings. The molecule has 0 N–H and O–H groups in total. The van der Waals surface area contributed by atoms with Crippen LogP contribution in [0.5, 0.6) is 0 Å². The molecule has 0 bridgehead atoms. The summed E-state index contributed by atoms with van der Waals surface area (Å²) in [6.07, 6.45) is 11.3. The van der Waals surface area contributed by atoms with Crippen molar-refractivity contribution < 1.29 is 0 Å². The van der Waals surface area contributed by atoms with E-state index in [1.807, 2.05) is 0 Å². The molecule has 32 heavy (non-hydrogen) atoms. The zero-order valence-corrected chi connectivity index (χ0v) is 22.0. The molecular formula is C31H42As+. The summed E-state index contributed by atoms with van der Waals surface area (Å²) in [6, 6.07) is 34.0. The standard InChI is InChI=1S/C31H42As/c1-2-3-4-5-6-7-8-18-25-32(26-29-19-12-9-13-20-29,27-30-21-14-10-15-22-30)28-31-23-16-11-17-24-31/h9-17,19-24H,2-8,18,25-28H2,1H3/q+1. The summed E-state index contributed by atoms with van der Waals surface area (Å²) in [7, 11) is 0. The Bertz CT molecular complexity index is 740. The molecule has 3 aromatic rings. The van der Waals surface area contributed by atoms with Gasteiger partial charge in [0.15, 0.2) is 0 Å². The molecule has 0 unspecified atom stereocenters. The van der Waals surface area contributed by atoms with Crippen molar-refractivity contribution in [3.8, 4) is 0 Å². The van der Waals surface area contributed by atoms with Crippen LogP contribution in [0.15, 0.2) is 91.0 Å². The van der Waals surface area contributed by atoms with Crippen LogP contribution in [0.2, 0.25) is 5.21 Å². The van der Waals surface area contributed by atoms with Gasteiger partial charge in [-0.15, -0.1) is 0 Å². The van der Waals surface area contributed by atoms with Gasteiger partial charge in [-0.2, -0.15) is 0 Å². The van der Waals surface area contributed by atoms with Crippen LogP contribution in [-0.2, 0) is 15.6 Å². The molecule has 0 aliphatic heterocycles. The van der Waals surface area contributed by atoms with E-state index < -0.39 is 13.6 Å². The first-order chi connectivity index (χ1) is 15.8. The second-order valence-corrected chi connectivity index (χ2v) is 18.0. The van der Waals surface area contributed by atoms with E-state index in [4.69, 9.17) is 0 Å². The maximum absolute atomic E-state index is 2.36. The zero-order chi connectivity index (χ0) is 22.3. The van der Waals surface area contributed by atoms with Gasteiger partial charge in [-0.3, -0.25) is 0 Å². The molecule has 0 radical (unpaired) electrons. The van der Waals surface area contributed by atoms with Gasteiger partial charge in [-0.25, -0.2) is 0 Å². The van der Waals surface area contributed by atoms with E-state index in [2.05, 4.69) is 97.9 Å². The number of rotatable bonds is 15. The molecule has 0 nitrogen and oxygen atoms in total. The van der Waals surface area contributed by atoms with Crippen LogP contribution in [0.4, 0.5) is 0 Å². The molecule has 1 heteroatoms. The summed E-state index contributed by atoms with van der Waals surface area (Å²) < 4.78 is 0. The van der Waals surface area contributed by atoms with Gasteiger partial charge in [0.1, 0.15) is 0 Å². The van der Waals surface area contributed by atoms with Crippen LogP contribution < -0.4 is 0 Å². The van der Waals surface area contributed by atoms with Crippen molar-refractivity contribution in [1.29, 1.82) is 0 Å². The van der Waals surface area contributed by atoms with Crippen molar-refractivity contribution in [2.24, 2.45) is 0 Å². The second kappa shape index (κ2) is 14.4. The molecule has 0 aliphatic carbocycles. The Balaban J connectivity index is 1.74. The van der Waals surface area contributed by atoms with Gasteiger partial charge in [0, 0.05) is 0 Å². The van der Waals surface area contributed by atoms with Gasteiger partial charge >= 0.3 is 200 Å². The minimum atomic E-state index is -2.04. The third kappa shape index (κ3) is 8.99. The summed E-state index contributed by atoms with van der Waals surface area (Å²) in [5, 5.41) is 5.42. The third-order valence-corrected chi connectivity index (χ3v) is 15.7. The molecule has 0 fully saturated rings. The number of benzene rings is 3. The molecule has 0 amide bonds. The van der Waals surface area contributed by atoms with E-state index in [1.54, 1.807) is 16.7 Å². The predicted molar refractivity (Wildman–Crippen MR) is 144 cm³/mol. The SMILES string of the molecule is CCCCCCCCCC[As+](Cc1ccccc1)(Cc1ccccc1)Cc1ccccc1. The number of hydrogen-bond acceptors (Lipinski definition) is 0. The van der Waals surface area contributed by atoms with Crippen LogP contribution in [0.1, 0.15) is 75.0 Å². The summed E-state index contributed by atoms with van der Waals surface area (Å²) in [4.78, 5) is 0. The van der Waals surface area contributed by atoms with Crippen molar-refractivity contribution in [2.45, 2.75) is 79.1 Å². The van der Waals surface area contributed by atoms with Crippen molar-refractivity contribution in [1.82, 2.24) is 0 Å². The van der Waals surface area contributed by atoms with Crippen molar-refractivity contribution in [2.75, 3.05) is 0 Å². The summed E-state index contributed by atoms with van der Waals surface area (Å²) in [6.45, 7) is 2.30. The first kappa shape index (κ1) is 24.9. The molecule has 0 saturated carbocycles. The Labute approximate surface area is 199 Å². The molecule has 0 heterocycles. The molecule has 3 aromatic carbocycles. The Morgan fingerprint density at radius 3 is 1.16 bits per heavy atom. The Morgan fingerprint density at radius 2 is 0.781 bits per heavy atom. The predicted octanol–water partition coefficient (Wildman–Crippen LogP) is 8.92. The summed E-state index contributed by atoms with van der Waals surface area (Å²) in [5.74, 6) is 0. The Hall–Kier alpha value is -1.78. The monoisotopic (exact) mass is 489 g/mol. The number of hydrogen-bond donors (Lipinski definition) is 0. The van der Waals surface area contributed by atoms with Crippen molar-refractivity contribution in [3.05, 3.63) is 108 Å². The fraction of sp³-hybridized carbons (Fsp3) is 0.419. The molecule has 3 rings (SSSR count). The second-order valence-electron chi connectivity index (χ2n) is 9.47. The molecule has 170 valence electrons. The van der Waals surface area contributed by atoms with Gasteiger partial charge in [0.25, 0.3) is 0 Å². The minimum absolute atomic E-state index is 1.32. The average Bonchev–Trinajstić information content (AvgIpc) is 2.83. The Morgan fingerprint density at radius 1 is 0.438 bits per heavy atom. The topological polar surface area (TPSA) is 0 Å². The van der Waals surface area contributed by atoms with Crippen LogP contribution in [0.25, 0.3) is 0 Å². The van der Waals surface area contributed by atoms with Gasteiger partial charge in [-0.05, 0) is 0 Å². The van der Waals surface area contributed by atoms with E-state index in [9.17, 15) is 0 Å². The van der Waals surface area contributed by atoms with Crippen molar-refractivity contribution >= 4 is 13.6 Å². The maximum atomic E-state index is 2.36. The quantitative estimate of drug-likeness (QED) is 0.148. The van der Waals surface area contributed by atoms with Crippen molar-refractivity contribution in [3.63, 3.8) is 0 Å². The fourth-order valence-corrected chi connectivity index (χ4v) is 14.7. The molecule has 0 aromatic heterocycles. The van der Waals surface area contributed by atoms with E-state index in [0.29, 0.717) is 0 Å². The molecule has 0 spiro atoms. The van der Waals surface area contributed by atoms with E-state index in [-0.39, 0.29) is 0 Å². The van der Waals surface area contributed by atoms with Gasteiger partial charge < -0.3 is 0 Å². The van der Waals surface area contributed by atoms with E-state index in [0.717, 1.165) is 0 Å². The van der Waals surface area contributed by atoms with Gasteiger partial charge in [0.2, 0.25) is 0 Å². The van der Waals surface area contributed by atoms with E-state index >= 15 is 0 Å². The fourth-order valence-electron chi connectivity index (χ4n) is 4.90. The molecule has 0 saturated heterocycles. The Kier molecular flexibility index (Phi) is 11.2. The van der Waals surface area contributed by atoms with Crippen LogP contribution >= 0.6 is 0 Å². The molecular weight excluding hydrogens is 447 g/mol. The van der Waals surface area contributed by atoms with E-state index in [1.165, 1.54) is 72.2 Å². The van der Waals surface area contributed by atoms with Gasteiger partial charge in [-0.1, -0.05) is 0 Å². The van der Waals surface area contributed by atoms with Crippen LogP contribution in [0, 0.1) is 0 Å². The number of unbranched alkanes of at least 4 members (excludes halogenated alkanes) is 7. The van der Waals surface area contributed by atoms with Crippen LogP contribution in [-0.4, -0.2) is 13.6 Å². The third-order valence-electron chi connectivity index (χ3n) is 6.57. The summed E-state index contributed by atoms with van der Waals surface area (Å²) >= 11 is -2.04. The van der Waals surface area contributed by atoms with Crippen LogP contribution in [0.3, 0.4) is 0 Å².